The van der Waals surface area contributed by atoms with E-state index in [2.05, 4.69) is 4.98 Å². The van der Waals surface area contributed by atoms with E-state index in [1.165, 1.54) is 23.9 Å². The summed E-state index contributed by atoms with van der Waals surface area (Å²) in [6.07, 6.45) is 0. The minimum Gasteiger partial charge on any atom is -0.342 e. The van der Waals surface area contributed by atoms with E-state index in [9.17, 15) is 13.2 Å². The Morgan fingerprint density at radius 1 is 1.13 bits per heavy atom. The van der Waals surface area contributed by atoms with Gasteiger partial charge in [0.05, 0.1) is 15.9 Å². The van der Waals surface area contributed by atoms with Crippen molar-refractivity contribution in [2.45, 2.75) is 42.6 Å². The highest BCUT2D eigenvalue weighted by Gasteiger charge is 2.28. The Morgan fingerprint density at radius 2 is 1.80 bits per heavy atom. The average Bonchev–Trinajstić information content (AvgIpc) is 3.09. The van der Waals surface area contributed by atoms with Crippen molar-refractivity contribution >= 4 is 38.7 Å². The molecule has 1 aromatic heterocycles. The number of primary sulfonamides is 1. The smallest absolute Gasteiger partial charge is 0.240 e. The number of amides is 1. The highest BCUT2D eigenvalue weighted by Crippen LogP contribution is 2.38. The van der Waals surface area contributed by atoms with Gasteiger partial charge in [-0.15, -0.1) is 0 Å². The number of carbonyl (C=O) groups excluding carboxylic acids is 1. The molecule has 0 saturated carbocycles. The highest BCUT2D eigenvalue weighted by molar-refractivity contribution is 8.00. The summed E-state index contributed by atoms with van der Waals surface area (Å²) in [4.78, 5) is 19.8. The maximum Gasteiger partial charge on any atom is 0.240 e. The Labute approximate surface area is 181 Å². The number of aryl methyl sites for hydroxylation is 1. The second kappa shape index (κ2) is 9.20. The molecule has 160 valence electrons. The van der Waals surface area contributed by atoms with Crippen molar-refractivity contribution < 1.29 is 13.2 Å². The molecule has 9 heteroatoms. The lowest BCUT2D eigenvalue weighted by atomic mass is 10.1. The number of thioether (sulfide) groups is 1. The molecule has 1 heterocycles. The van der Waals surface area contributed by atoms with Crippen molar-refractivity contribution in [2.24, 2.45) is 5.14 Å². The summed E-state index contributed by atoms with van der Waals surface area (Å²) in [5.74, 6) is 0.0242. The Bertz CT molecular complexity index is 1140. The third kappa shape index (κ3) is 4.53. The number of nitrogens with two attached hydrogens (primary N) is 1. The van der Waals surface area contributed by atoms with Crippen molar-refractivity contribution in [3.05, 3.63) is 54.1 Å². The number of nitrogens with zero attached hydrogens (tertiary/aromatic N) is 3. The lowest BCUT2D eigenvalue weighted by Gasteiger charge is -2.25. The van der Waals surface area contributed by atoms with Gasteiger partial charge in [0, 0.05) is 19.6 Å². The second-order valence-electron chi connectivity index (χ2n) is 6.75. The van der Waals surface area contributed by atoms with Crippen LogP contribution in [0.15, 0.2) is 58.6 Å². The fraction of sp³-hybridized carbons (Fsp3) is 0.333. The molecule has 2 aromatic carbocycles. The normalized spacial score (nSPS) is 12.8. The highest BCUT2D eigenvalue weighted by atomic mass is 32.2. The molecule has 7 nitrogen and oxygen atoms in total. The SMILES string of the molecule is CCN(CC)C(=O)C(Sc1nc2cc(S(N)(=O)=O)ccc2n1CC)c1ccccc1. The molecule has 0 aliphatic carbocycles. The fourth-order valence-corrected chi connectivity index (χ4v) is 5.15. The van der Waals surface area contributed by atoms with E-state index in [4.69, 9.17) is 5.14 Å². The van der Waals surface area contributed by atoms with E-state index in [0.29, 0.717) is 30.3 Å². The van der Waals surface area contributed by atoms with E-state index in [1.54, 1.807) is 6.07 Å². The summed E-state index contributed by atoms with van der Waals surface area (Å²) in [6.45, 7) is 7.80. The Kier molecular flexibility index (Phi) is 6.84. The molecule has 1 amide bonds. The standard InChI is InChI=1S/C21H26N4O3S2/c1-4-24(5-2)20(26)19(15-10-8-7-9-11-15)29-21-23-17-14-16(30(22,27)28)12-13-18(17)25(21)6-3/h7-14,19H,4-6H2,1-3H3,(H2,22,27,28). The molecule has 0 radical (unpaired) electrons. The van der Waals surface area contributed by atoms with Gasteiger partial charge in [0.15, 0.2) is 5.16 Å². The monoisotopic (exact) mass is 446 g/mol. The molecule has 0 fully saturated rings. The Hall–Kier alpha value is -2.36. The summed E-state index contributed by atoms with van der Waals surface area (Å²) < 4.78 is 25.4. The molecule has 0 aliphatic heterocycles. The number of fused-ring (bicyclic) bond motifs is 1. The van der Waals surface area contributed by atoms with Crippen molar-refractivity contribution in [1.29, 1.82) is 0 Å². The van der Waals surface area contributed by atoms with Crippen LogP contribution in [-0.2, 0) is 21.4 Å². The first-order valence-corrected chi connectivity index (χ1v) is 12.3. The van der Waals surface area contributed by atoms with Gasteiger partial charge < -0.3 is 9.47 Å². The fourth-order valence-electron chi connectivity index (χ4n) is 3.36. The number of imidazole rings is 1. The van der Waals surface area contributed by atoms with Crippen LogP contribution in [0.3, 0.4) is 0 Å². The van der Waals surface area contributed by atoms with Crippen LogP contribution in [-0.4, -0.2) is 41.9 Å². The van der Waals surface area contributed by atoms with Gasteiger partial charge in [0.25, 0.3) is 0 Å². The molecule has 0 bridgehead atoms. The molecule has 0 spiro atoms. The van der Waals surface area contributed by atoms with Gasteiger partial charge in [-0.3, -0.25) is 4.79 Å². The van der Waals surface area contributed by atoms with E-state index in [1.807, 2.05) is 60.6 Å². The first-order valence-electron chi connectivity index (χ1n) is 9.83. The van der Waals surface area contributed by atoms with Crippen molar-refractivity contribution in [2.75, 3.05) is 13.1 Å². The molecule has 30 heavy (non-hydrogen) atoms. The zero-order valence-electron chi connectivity index (χ0n) is 17.3. The number of benzene rings is 2. The van der Waals surface area contributed by atoms with Crippen LogP contribution in [0.5, 0.6) is 0 Å². The zero-order valence-corrected chi connectivity index (χ0v) is 18.9. The number of hydrogen-bond donors (Lipinski definition) is 1. The van der Waals surface area contributed by atoms with E-state index < -0.39 is 15.3 Å². The average molecular weight is 447 g/mol. The number of hydrogen-bond acceptors (Lipinski definition) is 5. The summed E-state index contributed by atoms with van der Waals surface area (Å²) >= 11 is 1.38. The van der Waals surface area contributed by atoms with Crippen molar-refractivity contribution in [3.8, 4) is 0 Å². The quantitative estimate of drug-likeness (QED) is 0.535. The van der Waals surface area contributed by atoms with Crippen LogP contribution in [0.2, 0.25) is 0 Å². The first kappa shape index (κ1) is 22.3. The van der Waals surface area contributed by atoms with Gasteiger partial charge in [0.2, 0.25) is 15.9 Å². The summed E-state index contributed by atoms with van der Waals surface area (Å²) in [5, 5.41) is 5.48. The lowest BCUT2D eigenvalue weighted by Crippen LogP contribution is -2.34. The maximum atomic E-state index is 13.3. The van der Waals surface area contributed by atoms with E-state index >= 15 is 0 Å². The van der Waals surface area contributed by atoms with Gasteiger partial charge >= 0.3 is 0 Å². The zero-order chi connectivity index (χ0) is 21.9. The van der Waals surface area contributed by atoms with Gasteiger partial charge in [-0.25, -0.2) is 18.5 Å². The number of likely N-dealkylation sites (N-methyl/N-ethyl adjacent to an activating group) is 1. The topological polar surface area (TPSA) is 98.3 Å². The number of sulfonamides is 1. The number of rotatable bonds is 8. The predicted octanol–water partition coefficient (Wildman–Crippen LogP) is 3.41. The largest absolute Gasteiger partial charge is 0.342 e. The van der Waals surface area contributed by atoms with Gasteiger partial charge in [-0.1, -0.05) is 42.1 Å². The summed E-state index contributed by atoms with van der Waals surface area (Å²) in [5.41, 5.74) is 2.24. The van der Waals surface area contributed by atoms with Crippen molar-refractivity contribution in [3.63, 3.8) is 0 Å². The number of carbonyl (C=O) groups is 1. The Balaban J connectivity index is 2.08. The molecule has 0 aliphatic rings. The van der Waals surface area contributed by atoms with Crippen LogP contribution in [0, 0.1) is 0 Å². The third-order valence-electron chi connectivity index (χ3n) is 4.95. The van der Waals surface area contributed by atoms with Gasteiger partial charge in [-0.05, 0) is 44.5 Å². The van der Waals surface area contributed by atoms with Gasteiger partial charge in [0.1, 0.15) is 5.25 Å². The maximum absolute atomic E-state index is 13.3. The van der Waals surface area contributed by atoms with E-state index in [0.717, 1.165) is 11.1 Å². The number of aromatic nitrogens is 2. The molecular weight excluding hydrogens is 420 g/mol. The second-order valence-corrected chi connectivity index (χ2v) is 9.39. The summed E-state index contributed by atoms with van der Waals surface area (Å²) in [7, 11) is -3.82. The van der Waals surface area contributed by atoms with Crippen LogP contribution in [0.1, 0.15) is 31.6 Å². The third-order valence-corrected chi connectivity index (χ3v) is 7.10. The lowest BCUT2D eigenvalue weighted by molar-refractivity contribution is -0.130. The van der Waals surface area contributed by atoms with Crippen molar-refractivity contribution in [1.82, 2.24) is 14.5 Å². The van der Waals surface area contributed by atoms with Crippen LogP contribution in [0.4, 0.5) is 0 Å². The molecule has 3 aromatic rings. The summed E-state index contributed by atoms with van der Waals surface area (Å²) in [6, 6.07) is 14.3. The molecule has 2 N–H and O–H groups in total. The van der Waals surface area contributed by atoms with Crippen LogP contribution >= 0.6 is 11.8 Å². The first-order chi connectivity index (χ1) is 14.3. The molecular formula is C21H26N4O3S2. The molecule has 3 rings (SSSR count). The minimum atomic E-state index is -3.82. The van der Waals surface area contributed by atoms with E-state index in [-0.39, 0.29) is 10.8 Å². The predicted molar refractivity (Wildman–Crippen MR) is 120 cm³/mol. The molecule has 1 unspecified atom stereocenters. The molecule has 1 atom stereocenters. The minimum absolute atomic E-state index is 0.0196. The van der Waals surface area contributed by atoms with Crippen LogP contribution < -0.4 is 5.14 Å². The Morgan fingerprint density at radius 3 is 2.37 bits per heavy atom. The van der Waals surface area contributed by atoms with Gasteiger partial charge in [-0.2, -0.15) is 0 Å². The molecule has 0 saturated heterocycles. The van der Waals surface area contributed by atoms with Crippen LogP contribution in [0.25, 0.3) is 11.0 Å².